The summed E-state index contributed by atoms with van der Waals surface area (Å²) in [6.45, 7) is 0. The number of benzene rings is 1. The molecule has 0 fully saturated rings. The molecule has 0 radical (unpaired) electrons. The predicted octanol–water partition coefficient (Wildman–Crippen LogP) is 1.17. The molecule has 0 aliphatic rings. The molecule has 1 aromatic carbocycles. The van der Waals surface area contributed by atoms with E-state index in [4.69, 9.17) is 17.4 Å². The third kappa shape index (κ3) is 2.91. The van der Waals surface area contributed by atoms with Gasteiger partial charge in [0.2, 0.25) is 0 Å². The Labute approximate surface area is 103 Å². The monoisotopic (exact) mass is 309 g/mol. The molecule has 16 heavy (non-hydrogen) atoms. The molecule has 0 aromatic heterocycles. The fourth-order valence-electron chi connectivity index (χ4n) is 0.897. The minimum Gasteiger partial charge on any atom is -0.315 e. The standard InChI is InChI=1S/C8H6BrClFN3O2/c9-4-1-3(11)2-5(10)6(4)13-7(15)8(16)14-12/h1-2H,12H2,(H,13,15)(H,14,16). The van der Waals surface area contributed by atoms with E-state index in [-0.39, 0.29) is 15.2 Å². The molecule has 86 valence electrons. The van der Waals surface area contributed by atoms with E-state index in [0.717, 1.165) is 12.1 Å². The van der Waals surface area contributed by atoms with Crippen molar-refractivity contribution >= 4 is 45.0 Å². The summed E-state index contributed by atoms with van der Waals surface area (Å²) in [5.41, 5.74) is 1.75. The maximum absolute atomic E-state index is 12.8. The second-order valence-electron chi connectivity index (χ2n) is 2.67. The minimum absolute atomic E-state index is 0.0370. The van der Waals surface area contributed by atoms with Gasteiger partial charge in [0.1, 0.15) is 5.82 Å². The number of halogens is 3. The summed E-state index contributed by atoms with van der Waals surface area (Å²) < 4.78 is 13.1. The second kappa shape index (κ2) is 5.24. The van der Waals surface area contributed by atoms with E-state index in [1.807, 2.05) is 0 Å². The Morgan fingerprint density at radius 2 is 2.00 bits per heavy atom. The van der Waals surface area contributed by atoms with E-state index < -0.39 is 17.6 Å². The van der Waals surface area contributed by atoms with Crippen molar-refractivity contribution in [3.63, 3.8) is 0 Å². The molecule has 1 aromatic rings. The summed E-state index contributed by atoms with van der Waals surface area (Å²) >= 11 is 8.67. The van der Waals surface area contributed by atoms with E-state index in [0.29, 0.717) is 0 Å². The van der Waals surface area contributed by atoms with Crippen LogP contribution in [-0.2, 0) is 9.59 Å². The molecule has 0 saturated carbocycles. The highest BCUT2D eigenvalue weighted by molar-refractivity contribution is 9.10. The molecule has 0 bridgehead atoms. The number of rotatable bonds is 1. The summed E-state index contributed by atoms with van der Waals surface area (Å²) in [7, 11) is 0. The highest BCUT2D eigenvalue weighted by atomic mass is 79.9. The molecule has 0 unspecified atom stereocenters. The Bertz CT molecular complexity index is 432. The van der Waals surface area contributed by atoms with Gasteiger partial charge < -0.3 is 5.32 Å². The number of hydrogen-bond acceptors (Lipinski definition) is 3. The number of anilines is 1. The molecule has 0 atom stereocenters. The smallest absolute Gasteiger partial charge is 0.315 e. The lowest BCUT2D eigenvalue weighted by atomic mass is 10.3. The first-order valence-corrected chi connectivity index (χ1v) is 5.09. The van der Waals surface area contributed by atoms with Crippen LogP contribution in [0.3, 0.4) is 0 Å². The van der Waals surface area contributed by atoms with Crippen molar-refractivity contribution < 1.29 is 14.0 Å². The van der Waals surface area contributed by atoms with Crippen LogP contribution in [0.5, 0.6) is 0 Å². The summed E-state index contributed by atoms with van der Waals surface area (Å²) in [5, 5.41) is 2.14. The third-order valence-corrected chi connectivity index (χ3v) is 2.51. The second-order valence-corrected chi connectivity index (χ2v) is 3.93. The van der Waals surface area contributed by atoms with E-state index in [9.17, 15) is 14.0 Å². The van der Waals surface area contributed by atoms with E-state index in [1.54, 1.807) is 5.43 Å². The summed E-state index contributed by atoms with van der Waals surface area (Å²) in [6.07, 6.45) is 0. The van der Waals surface area contributed by atoms with Crippen LogP contribution in [0.1, 0.15) is 0 Å². The van der Waals surface area contributed by atoms with Crippen LogP contribution in [0.2, 0.25) is 5.02 Å². The highest BCUT2D eigenvalue weighted by Crippen LogP contribution is 2.31. The van der Waals surface area contributed by atoms with Crippen LogP contribution in [0.4, 0.5) is 10.1 Å². The molecule has 8 heteroatoms. The molecule has 2 amide bonds. The van der Waals surface area contributed by atoms with Crippen LogP contribution < -0.4 is 16.6 Å². The fourth-order valence-corrected chi connectivity index (χ4v) is 1.80. The minimum atomic E-state index is -1.03. The average Bonchev–Trinajstić information content (AvgIpc) is 2.21. The molecule has 1 rings (SSSR count). The SMILES string of the molecule is NNC(=O)C(=O)Nc1c(Cl)cc(F)cc1Br. The van der Waals surface area contributed by atoms with Crippen LogP contribution in [0, 0.1) is 5.82 Å². The number of hydrogen-bond donors (Lipinski definition) is 3. The highest BCUT2D eigenvalue weighted by Gasteiger charge is 2.16. The van der Waals surface area contributed by atoms with E-state index >= 15 is 0 Å². The number of amides is 2. The number of nitrogens with two attached hydrogens (primary N) is 1. The van der Waals surface area contributed by atoms with Gasteiger partial charge >= 0.3 is 11.8 Å². The van der Waals surface area contributed by atoms with Crippen molar-refractivity contribution in [2.45, 2.75) is 0 Å². The molecule has 4 N–H and O–H groups in total. The number of hydrazine groups is 1. The van der Waals surface area contributed by atoms with Crippen molar-refractivity contribution in [2.75, 3.05) is 5.32 Å². The molecule has 0 aliphatic carbocycles. The Morgan fingerprint density at radius 1 is 1.38 bits per heavy atom. The lowest BCUT2D eigenvalue weighted by molar-refractivity contribution is -0.136. The van der Waals surface area contributed by atoms with Crippen LogP contribution in [0.15, 0.2) is 16.6 Å². The van der Waals surface area contributed by atoms with Gasteiger partial charge in [0.15, 0.2) is 0 Å². The van der Waals surface area contributed by atoms with Crippen molar-refractivity contribution in [1.82, 2.24) is 5.43 Å². The van der Waals surface area contributed by atoms with Gasteiger partial charge in [-0.25, -0.2) is 10.2 Å². The van der Waals surface area contributed by atoms with Crippen molar-refractivity contribution in [3.8, 4) is 0 Å². The quantitative estimate of drug-likeness (QED) is 0.315. The molecule has 0 saturated heterocycles. The molecule has 0 aliphatic heterocycles. The number of carbonyl (C=O) groups is 2. The molecule has 0 heterocycles. The van der Waals surface area contributed by atoms with Gasteiger partial charge in [0, 0.05) is 4.47 Å². The summed E-state index contributed by atoms with van der Waals surface area (Å²) in [6, 6.07) is 2.10. The van der Waals surface area contributed by atoms with Gasteiger partial charge in [-0.15, -0.1) is 0 Å². The topological polar surface area (TPSA) is 84.2 Å². The van der Waals surface area contributed by atoms with E-state index in [1.165, 1.54) is 0 Å². The first-order valence-electron chi connectivity index (χ1n) is 3.92. The predicted molar refractivity (Wildman–Crippen MR) is 60.1 cm³/mol. The normalized spacial score (nSPS) is 9.75. The maximum atomic E-state index is 12.8. The van der Waals surface area contributed by atoms with Gasteiger partial charge in [-0.05, 0) is 28.1 Å². The van der Waals surface area contributed by atoms with Crippen LogP contribution >= 0.6 is 27.5 Å². The zero-order chi connectivity index (χ0) is 12.3. The number of nitrogens with one attached hydrogen (secondary N) is 2. The van der Waals surface area contributed by atoms with Crippen LogP contribution in [-0.4, -0.2) is 11.8 Å². The first kappa shape index (κ1) is 12.9. The van der Waals surface area contributed by atoms with Gasteiger partial charge in [-0.2, -0.15) is 0 Å². The summed E-state index contributed by atoms with van der Waals surface area (Å²) in [4.78, 5) is 22.0. The zero-order valence-electron chi connectivity index (χ0n) is 7.68. The Balaban J connectivity index is 2.98. The van der Waals surface area contributed by atoms with Gasteiger partial charge in [0.05, 0.1) is 10.7 Å². The Morgan fingerprint density at radius 3 is 2.50 bits per heavy atom. The number of carbonyl (C=O) groups excluding carboxylic acids is 2. The van der Waals surface area contributed by atoms with Crippen molar-refractivity contribution in [1.29, 1.82) is 0 Å². The maximum Gasteiger partial charge on any atom is 0.323 e. The van der Waals surface area contributed by atoms with Crippen LogP contribution in [0.25, 0.3) is 0 Å². The summed E-state index contributed by atoms with van der Waals surface area (Å²) in [5.74, 6) is 2.15. The van der Waals surface area contributed by atoms with Gasteiger partial charge in [-0.3, -0.25) is 15.0 Å². The molecular weight excluding hydrogens is 304 g/mol. The van der Waals surface area contributed by atoms with E-state index in [2.05, 4.69) is 21.2 Å². The Hall–Kier alpha value is -1.18. The van der Waals surface area contributed by atoms with Crippen molar-refractivity contribution in [3.05, 3.63) is 27.4 Å². The molecular formula is C8H6BrClFN3O2. The average molecular weight is 311 g/mol. The lowest BCUT2D eigenvalue weighted by Gasteiger charge is -2.08. The van der Waals surface area contributed by atoms with Gasteiger partial charge in [0.25, 0.3) is 0 Å². The third-order valence-electron chi connectivity index (χ3n) is 1.58. The largest absolute Gasteiger partial charge is 0.323 e. The zero-order valence-corrected chi connectivity index (χ0v) is 10.0. The lowest BCUT2D eigenvalue weighted by Crippen LogP contribution is -2.39. The Kier molecular flexibility index (Phi) is 4.22. The first-order chi connectivity index (χ1) is 7.45. The van der Waals surface area contributed by atoms with Crippen molar-refractivity contribution in [2.24, 2.45) is 5.84 Å². The van der Waals surface area contributed by atoms with Gasteiger partial charge in [-0.1, -0.05) is 11.6 Å². The fraction of sp³-hybridized carbons (Fsp3) is 0. The molecule has 0 spiro atoms. The molecule has 5 nitrogen and oxygen atoms in total.